The number of aliphatic hydroxyl groups is 5. The quantitative estimate of drug-likeness (QED) is 0.0261. The molecule has 1 heterocycles. The Hall–Kier alpha value is -1.07. The van der Waals surface area contributed by atoms with E-state index in [1.54, 1.807) is 6.08 Å². The van der Waals surface area contributed by atoms with Crippen molar-refractivity contribution in [3.63, 3.8) is 0 Å². The van der Waals surface area contributed by atoms with E-state index in [9.17, 15) is 30.3 Å². The molecule has 9 heteroatoms. The second-order valence-corrected chi connectivity index (χ2v) is 23.6. The minimum absolute atomic E-state index is 0.168. The maximum atomic E-state index is 13.1. The molecule has 1 amide bonds. The number of ether oxygens (including phenoxy) is 2. The van der Waals surface area contributed by atoms with Crippen molar-refractivity contribution in [3.8, 4) is 0 Å². The van der Waals surface area contributed by atoms with E-state index in [2.05, 4.69) is 19.2 Å². The number of hydrogen-bond donors (Lipinski definition) is 6. The Kier molecular flexibility index (Phi) is 53.9. The molecule has 1 fully saturated rings. The Morgan fingerprint density at radius 1 is 0.440 bits per heavy atom. The van der Waals surface area contributed by atoms with Gasteiger partial charge in [-0.15, -0.1) is 0 Å². The zero-order valence-electron chi connectivity index (χ0n) is 49.8. The van der Waals surface area contributed by atoms with Gasteiger partial charge in [-0.2, -0.15) is 0 Å². The average molecular weight is 1060 g/mol. The first kappa shape index (κ1) is 71.9. The molecule has 6 N–H and O–H groups in total. The summed E-state index contributed by atoms with van der Waals surface area (Å²) in [6.45, 7) is 3.84. The SMILES string of the molecule is CCCCCCCCCCCCCCCCCCCCC/C=C/C(O)C(COC1OC(CO)C(O)C(O)C1O)NC(=O)CCCCCCCCCCCCCCCCCCCCCCCCCCCCCCCCC. The Bertz CT molecular complexity index is 1190. The molecule has 9 nitrogen and oxygen atoms in total. The second kappa shape index (κ2) is 56.2. The molecule has 1 aliphatic heterocycles. The van der Waals surface area contributed by atoms with Crippen LogP contribution in [0.5, 0.6) is 0 Å². The minimum atomic E-state index is -1.56. The molecule has 0 radical (unpaired) electrons. The van der Waals surface area contributed by atoms with Crippen LogP contribution in [0.1, 0.15) is 348 Å². The van der Waals surface area contributed by atoms with Crippen LogP contribution in [0.25, 0.3) is 0 Å². The predicted octanol–water partition coefficient (Wildman–Crippen LogP) is 17.5. The van der Waals surface area contributed by atoms with E-state index in [1.807, 2.05) is 6.08 Å². The normalized spacial score (nSPS) is 18.8. The van der Waals surface area contributed by atoms with E-state index in [4.69, 9.17) is 9.47 Å². The monoisotopic (exact) mass is 1060 g/mol. The fourth-order valence-electron chi connectivity index (χ4n) is 11.1. The van der Waals surface area contributed by atoms with Crippen LogP contribution in [0.4, 0.5) is 0 Å². The number of unbranched alkanes of at least 4 members (excludes halogenated alkanes) is 49. The maximum absolute atomic E-state index is 13.1. The molecule has 1 aliphatic rings. The highest BCUT2D eigenvalue weighted by atomic mass is 16.7. The lowest BCUT2D eigenvalue weighted by Crippen LogP contribution is -2.60. The lowest BCUT2D eigenvalue weighted by Gasteiger charge is -2.40. The van der Waals surface area contributed by atoms with E-state index in [0.29, 0.717) is 6.42 Å². The van der Waals surface area contributed by atoms with Crippen molar-refractivity contribution in [1.82, 2.24) is 5.32 Å². The highest BCUT2D eigenvalue weighted by Gasteiger charge is 2.44. The van der Waals surface area contributed by atoms with Gasteiger partial charge in [0, 0.05) is 6.42 Å². The fraction of sp³-hybridized carbons (Fsp3) is 0.955. The van der Waals surface area contributed by atoms with Gasteiger partial charge in [0.05, 0.1) is 25.4 Å². The Labute approximate surface area is 465 Å². The van der Waals surface area contributed by atoms with Gasteiger partial charge in [-0.25, -0.2) is 0 Å². The van der Waals surface area contributed by atoms with Gasteiger partial charge >= 0.3 is 0 Å². The Balaban J connectivity index is 2.12. The van der Waals surface area contributed by atoms with Crippen LogP contribution in [-0.4, -0.2) is 87.5 Å². The van der Waals surface area contributed by atoms with Crippen LogP contribution in [-0.2, 0) is 14.3 Å². The van der Waals surface area contributed by atoms with Crippen molar-refractivity contribution >= 4 is 5.91 Å². The number of allylic oxidation sites excluding steroid dienone is 1. The van der Waals surface area contributed by atoms with Crippen LogP contribution in [0.15, 0.2) is 12.2 Å². The van der Waals surface area contributed by atoms with Gasteiger partial charge in [-0.3, -0.25) is 4.79 Å². The molecule has 1 rings (SSSR count). The molecule has 0 bridgehead atoms. The van der Waals surface area contributed by atoms with Gasteiger partial charge in [0.15, 0.2) is 6.29 Å². The van der Waals surface area contributed by atoms with E-state index in [-0.39, 0.29) is 12.5 Å². The van der Waals surface area contributed by atoms with Crippen LogP contribution in [0, 0.1) is 0 Å². The van der Waals surface area contributed by atoms with Gasteiger partial charge in [0.2, 0.25) is 5.91 Å². The number of nitrogens with one attached hydrogen (secondary N) is 1. The molecular weight excluding hydrogens is 935 g/mol. The summed E-state index contributed by atoms with van der Waals surface area (Å²) in [7, 11) is 0. The van der Waals surface area contributed by atoms with Crippen LogP contribution in [0.3, 0.4) is 0 Å². The van der Waals surface area contributed by atoms with E-state index >= 15 is 0 Å². The third-order valence-corrected chi connectivity index (χ3v) is 16.4. The third-order valence-electron chi connectivity index (χ3n) is 16.4. The zero-order valence-corrected chi connectivity index (χ0v) is 49.8. The smallest absolute Gasteiger partial charge is 0.220 e. The van der Waals surface area contributed by atoms with Crippen molar-refractivity contribution in [1.29, 1.82) is 0 Å². The summed E-state index contributed by atoms with van der Waals surface area (Å²) in [5.74, 6) is -0.168. The van der Waals surface area contributed by atoms with Gasteiger partial charge in [-0.05, 0) is 19.3 Å². The number of rotatable bonds is 59. The molecule has 1 saturated heterocycles. The largest absolute Gasteiger partial charge is 0.394 e. The molecular formula is C66H129NO8. The number of carbonyl (C=O) groups is 1. The van der Waals surface area contributed by atoms with E-state index in [1.165, 1.54) is 289 Å². The van der Waals surface area contributed by atoms with Crippen molar-refractivity contribution < 1.29 is 39.8 Å². The molecule has 446 valence electrons. The molecule has 7 atom stereocenters. The molecule has 0 aromatic carbocycles. The Morgan fingerprint density at radius 2 is 0.733 bits per heavy atom. The first-order valence-corrected chi connectivity index (χ1v) is 33.4. The summed E-state index contributed by atoms with van der Waals surface area (Å²) in [6, 6.07) is -0.801. The fourth-order valence-corrected chi connectivity index (χ4v) is 11.1. The Morgan fingerprint density at radius 3 is 1.04 bits per heavy atom. The second-order valence-electron chi connectivity index (χ2n) is 23.6. The topological polar surface area (TPSA) is 149 Å². The standard InChI is InChI=1S/C66H129NO8/c1-3-5-7-9-11-13-15-17-19-21-23-25-26-27-28-29-30-31-32-33-34-36-38-40-42-44-46-48-50-52-54-56-62(70)67-59(58-74-66-65(73)64(72)63(71)61(57-68)75-66)60(69)55-53-51-49-47-45-43-41-39-37-35-24-22-20-18-16-14-12-10-8-6-4-2/h53,55,59-61,63-66,68-69,71-73H,3-52,54,56-58H2,1-2H3,(H,67,70)/b55-53+. The molecule has 75 heavy (non-hydrogen) atoms. The van der Waals surface area contributed by atoms with Crippen molar-refractivity contribution in [2.45, 2.75) is 391 Å². The minimum Gasteiger partial charge on any atom is -0.394 e. The molecule has 7 unspecified atom stereocenters. The lowest BCUT2D eigenvalue weighted by atomic mass is 9.99. The molecule has 0 aromatic heterocycles. The first-order valence-electron chi connectivity index (χ1n) is 33.4. The van der Waals surface area contributed by atoms with Crippen LogP contribution < -0.4 is 5.32 Å². The summed E-state index contributed by atoms with van der Waals surface area (Å²) in [5, 5.41) is 54.7. The van der Waals surface area contributed by atoms with Crippen molar-refractivity contribution in [3.05, 3.63) is 12.2 Å². The van der Waals surface area contributed by atoms with Gasteiger partial charge < -0.3 is 40.3 Å². The van der Waals surface area contributed by atoms with Crippen molar-refractivity contribution in [2.24, 2.45) is 0 Å². The van der Waals surface area contributed by atoms with E-state index in [0.717, 1.165) is 38.5 Å². The summed E-state index contributed by atoms with van der Waals surface area (Å²) < 4.78 is 11.3. The zero-order chi connectivity index (χ0) is 54.3. The maximum Gasteiger partial charge on any atom is 0.220 e. The van der Waals surface area contributed by atoms with Crippen molar-refractivity contribution in [2.75, 3.05) is 13.2 Å². The average Bonchev–Trinajstić information content (AvgIpc) is 3.41. The third kappa shape index (κ3) is 45.4. The summed E-state index contributed by atoms with van der Waals surface area (Å²) in [5.41, 5.74) is 0. The molecule has 0 spiro atoms. The predicted molar refractivity (Wildman–Crippen MR) is 318 cm³/mol. The molecule has 0 aromatic rings. The first-order chi connectivity index (χ1) is 36.8. The summed E-state index contributed by atoms with van der Waals surface area (Å²) in [4.78, 5) is 13.1. The number of aliphatic hydroxyl groups excluding tert-OH is 5. The van der Waals surface area contributed by atoms with Gasteiger partial charge in [0.1, 0.15) is 24.4 Å². The molecule has 0 aliphatic carbocycles. The van der Waals surface area contributed by atoms with Gasteiger partial charge in [0.25, 0.3) is 0 Å². The van der Waals surface area contributed by atoms with Crippen LogP contribution in [0.2, 0.25) is 0 Å². The lowest BCUT2D eigenvalue weighted by molar-refractivity contribution is -0.302. The van der Waals surface area contributed by atoms with E-state index < -0.39 is 49.5 Å². The van der Waals surface area contributed by atoms with Gasteiger partial charge in [-0.1, -0.05) is 334 Å². The highest BCUT2D eigenvalue weighted by Crippen LogP contribution is 2.23. The summed E-state index contributed by atoms with van der Waals surface area (Å²) in [6.07, 6.45) is 64.5. The highest BCUT2D eigenvalue weighted by molar-refractivity contribution is 5.76. The number of hydrogen-bond acceptors (Lipinski definition) is 8. The molecule has 0 saturated carbocycles. The summed E-state index contributed by atoms with van der Waals surface area (Å²) >= 11 is 0. The number of carbonyl (C=O) groups excluding carboxylic acids is 1. The van der Waals surface area contributed by atoms with Crippen LogP contribution >= 0.6 is 0 Å². The number of amides is 1.